The van der Waals surface area contributed by atoms with Gasteiger partial charge in [0.1, 0.15) is 12.7 Å². The SMILES string of the molecule is Cc1cncc([C@@H]2CCCN(C(=O)c3cccc(-n4cnnc4)c3)C2)n1. The van der Waals surface area contributed by atoms with Gasteiger partial charge in [-0.1, -0.05) is 6.07 Å². The Morgan fingerprint density at radius 3 is 2.85 bits per heavy atom. The minimum atomic E-state index is 0.0465. The van der Waals surface area contributed by atoms with Gasteiger partial charge in [-0.25, -0.2) is 0 Å². The second-order valence-electron chi connectivity index (χ2n) is 6.60. The van der Waals surface area contributed by atoms with Crippen molar-refractivity contribution in [1.82, 2.24) is 29.6 Å². The van der Waals surface area contributed by atoms with E-state index in [9.17, 15) is 4.79 Å². The molecule has 1 saturated heterocycles. The Morgan fingerprint density at radius 1 is 1.19 bits per heavy atom. The summed E-state index contributed by atoms with van der Waals surface area (Å²) in [6, 6.07) is 7.55. The van der Waals surface area contributed by atoms with E-state index in [0.717, 1.165) is 36.5 Å². The first-order valence-electron chi connectivity index (χ1n) is 8.73. The van der Waals surface area contributed by atoms with Crippen LogP contribution < -0.4 is 0 Å². The standard InChI is InChI=1S/C19H20N6O/c1-14-9-20-10-18(23-14)16-5-3-7-24(11-16)19(26)15-4-2-6-17(8-15)25-12-21-22-13-25/h2,4,6,8-10,12-13,16H,3,5,7,11H2,1H3/t16-/m1/s1. The van der Waals surface area contributed by atoms with Crippen molar-refractivity contribution in [2.75, 3.05) is 13.1 Å². The Kier molecular flexibility index (Phi) is 4.43. The van der Waals surface area contributed by atoms with E-state index in [1.165, 1.54) is 0 Å². The van der Waals surface area contributed by atoms with E-state index in [2.05, 4.69) is 20.2 Å². The Labute approximate surface area is 151 Å². The van der Waals surface area contributed by atoms with Gasteiger partial charge in [0, 0.05) is 42.7 Å². The lowest BCUT2D eigenvalue weighted by molar-refractivity contribution is 0.0705. The van der Waals surface area contributed by atoms with Gasteiger partial charge in [-0.15, -0.1) is 10.2 Å². The number of rotatable bonds is 3. The largest absolute Gasteiger partial charge is 0.338 e. The Morgan fingerprint density at radius 2 is 2.04 bits per heavy atom. The van der Waals surface area contributed by atoms with Crippen LogP contribution in [0.3, 0.4) is 0 Å². The van der Waals surface area contributed by atoms with Crippen LogP contribution in [0.1, 0.15) is 40.5 Å². The van der Waals surface area contributed by atoms with Crippen LogP contribution in [0.2, 0.25) is 0 Å². The number of benzene rings is 1. The molecule has 1 atom stereocenters. The molecule has 0 spiro atoms. The molecule has 1 aliphatic heterocycles. The minimum absolute atomic E-state index is 0.0465. The molecule has 0 radical (unpaired) electrons. The highest BCUT2D eigenvalue weighted by Crippen LogP contribution is 2.26. The van der Waals surface area contributed by atoms with E-state index in [1.807, 2.05) is 42.3 Å². The fourth-order valence-electron chi connectivity index (χ4n) is 3.40. The van der Waals surface area contributed by atoms with Crippen molar-refractivity contribution in [2.45, 2.75) is 25.7 Å². The van der Waals surface area contributed by atoms with E-state index >= 15 is 0 Å². The maximum Gasteiger partial charge on any atom is 0.253 e. The number of piperidine rings is 1. The predicted molar refractivity (Wildman–Crippen MR) is 96.0 cm³/mol. The van der Waals surface area contributed by atoms with Gasteiger partial charge in [-0.3, -0.25) is 19.3 Å². The first-order valence-corrected chi connectivity index (χ1v) is 8.73. The van der Waals surface area contributed by atoms with Gasteiger partial charge in [-0.05, 0) is 38.0 Å². The van der Waals surface area contributed by atoms with Crippen LogP contribution in [-0.2, 0) is 0 Å². The summed E-state index contributed by atoms with van der Waals surface area (Å²) in [5.74, 6) is 0.284. The summed E-state index contributed by atoms with van der Waals surface area (Å²) in [5, 5.41) is 7.64. The zero-order valence-electron chi connectivity index (χ0n) is 14.6. The average Bonchev–Trinajstić information content (AvgIpc) is 3.22. The number of aromatic nitrogens is 5. The average molecular weight is 348 g/mol. The third-order valence-electron chi connectivity index (χ3n) is 4.71. The molecule has 1 amide bonds. The molecule has 3 heterocycles. The summed E-state index contributed by atoms with van der Waals surface area (Å²) in [6.45, 7) is 3.39. The number of hydrogen-bond acceptors (Lipinski definition) is 5. The van der Waals surface area contributed by atoms with Crippen LogP contribution in [0.25, 0.3) is 5.69 Å². The molecule has 0 N–H and O–H groups in total. The zero-order chi connectivity index (χ0) is 17.9. The van der Waals surface area contributed by atoms with Crippen LogP contribution in [-0.4, -0.2) is 48.6 Å². The molecule has 7 heteroatoms. The van der Waals surface area contributed by atoms with Crippen molar-refractivity contribution >= 4 is 5.91 Å². The number of hydrogen-bond donors (Lipinski definition) is 0. The second-order valence-corrected chi connectivity index (χ2v) is 6.60. The third kappa shape index (κ3) is 3.33. The van der Waals surface area contributed by atoms with Crippen molar-refractivity contribution < 1.29 is 4.79 Å². The molecule has 7 nitrogen and oxygen atoms in total. The molecule has 4 rings (SSSR count). The minimum Gasteiger partial charge on any atom is -0.338 e. The molecule has 132 valence electrons. The van der Waals surface area contributed by atoms with Crippen LogP contribution in [0.4, 0.5) is 0 Å². The molecule has 2 aromatic heterocycles. The van der Waals surface area contributed by atoms with Gasteiger partial charge >= 0.3 is 0 Å². The molecule has 0 saturated carbocycles. The van der Waals surface area contributed by atoms with Gasteiger partial charge in [0.2, 0.25) is 0 Å². The van der Waals surface area contributed by atoms with Crippen molar-refractivity contribution in [2.24, 2.45) is 0 Å². The van der Waals surface area contributed by atoms with E-state index < -0.39 is 0 Å². The van der Waals surface area contributed by atoms with E-state index in [1.54, 1.807) is 23.4 Å². The van der Waals surface area contributed by atoms with E-state index in [0.29, 0.717) is 12.1 Å². The lowest BCUT2D eigenvalue weighted by Gasteiger charge is -2.32. The molecule has 0 bridgehead atoms. The molecule has 1 aromatic carbocycles. The smallest absolute Gasteiger partial charge is 0.253 e. The van der Waals surface area contributed by atoms with E-state index in [-0.39, 0.29) is 11.8 Å². The van der Waals surface area contributed by atoms with Crippen LogP contribution >= 0.6 is 0 Å². The summed E-state index contributed by atoms with van der Waals surface area (Å²) < 4.78 is 1.79. The zero-order valence-corrected chi connectivity index (χ0v) is 14.6. The summed E-state index contributed by atoms with van der Waals surface area (Å²) in [6.07, 6.45) is 8.82. The van der Waals surface area contributed by atoms with Gasteiger partial charge in [0.05, 0.1) is 11.4 Å². The maximum atomic E-state index is 13.0. The lowest BCUT2D eigenvalue weighted by atomic mass is 9.94. The van der Waals surface area contributed by atoms with Crippen molar-refractivity contribution in [3.05, 3.63) is 66.3 Å². The summed E-state index contributed by atoms with van der Waals surface area (Å²) in [7, 11) is 0. The van der Waals surface area contributed by atoms with Crippen LogP contribution in [0.15, 0.2) is 49.3 Å². The highest BCUT2D eigenvalue weighted by molar-refractivity contribution is 5.94. The van der Waals surface area contributed by atoms with Gasteiger partial charge in [-0.2, -0.15) is 0 Å². The normalized spacial score (nSPS) is 17.3. The van der Waals surface area contributed by atoms with Crippen LogP contribution in [0, 0.1) is 6.92 Å². The topological polar surface area (TPSA) is 76.8 Å². The highest BCUT2D eigenvalue weighted by Gasteiger charge is 2.26. The molecular weight excluding hydrogens is 328 g/mol. The fraction of sp³-hybridized carbons (Fsp3) is 0.316. The number of carbonyl (C=O) groups excluding carboxylic acids is 1. The van der Waals surface area contributed by atoms with Crippen molar-refractivity contribution in [3.63, 3.8) is 0 Å². The molecule has 0 aliphatic carbocycles. The number of carbonyl (C=O) groups is 1. The Balaban J connectivity index is 1.54. The molecule has 3 aromatic rings. The number of aryl methyl sites for hydroxylation is 1. The first kappa shape index (κ1) is 16.4. The van der Waals surface area contributed by atoms with E-state index in [4.69, 9.17) is 0 Å². The number of likely N-dealkylation sites (tertiary alicyclic amines) is 1. The Hall–Kier alpha value is -3.09. The summed E-state index contributed by atoms with van der Waals surface area (Å²) in [5.41, 5.74) is 3.43. The van der Waals surface area contributed by atoms with Crippen molar-refractivity contribution in [3.8, 4) is 5.69 Å². The fourth-order valence-corrected chi connectivity index (χ4v) is 3.40. The van der Waals surface area contributed by atoms with Gasteiger partial charge < -0.3 is 4.90 Å². The molecule has 1 aliphatic rings. The summed E-state index contributed by atoms with van der Waals surface area (Å²) >= 11 is 0. The predicted octanol–water partition coefficient (Wildman–Crippen LogP) is 2.39. The quantitative estimate of drug-likeness (QED) is 0.726. The van der Waals surface area contributed by atoms with Gasteiger partial charge in [0.25, 0.3) is 5.91 Å². The Bertz CT molecular complexity index is 908. The number of amides is 1. The maximum absolute atomic E-state index is 13.0. The van der Waals surface area contributed by atoms with Gasteiger partial charge in [0.15, 0.2) is 0 Å². The van der Waals surface area contributed by atoms with Crippen molar-refractivity contribution in [1.29, 1.82) is 0 Å². The summed E-state index contributed by atoms with van der Waals surface area (Å²) in [4.78, 5) is 23.8. The molecule has 26 heavy (non-hydrogen) atoms. The molecular formula is C19H20N6O. The highest BCUT2D eigenvalue weighted by atomic mass is 16.2. The molecule has 1 fully saturated rings. The first-order chi connectivity index (χ1) is 12.7. The molecule has 0 unspecified atom stereocenters. The number of nitrogens with zero attached hydrogens (tertiary/aromatic N) is 6. The lowest BCUT2D eigenvalue weighted by Crippen LogP contribution is -2.39. The third-order valence-corrected chi connectivity index (χ3v) is 4.71. The van der Waals surface area contributed by atoms with Crippen LogP contribution in [0.5, 0.6) is 0 Å². The monoisotopic (exact) mass is 348 g/mol. The second kappa shape index (κ2) is 7.03.